The number of halogens is 1. The van der Waals surface area contributed by atoms with Crippen molar-refractivity contribution < 1.29 is 9.47 Å². The number of ether oxygens (including phenoxy) is 2. The molecular formula is C19H28IN3O2. The van der Waals surface area contributed by atoms with Crippen molar-refractivity contribution in [3.63, 3.8) is 0 Å². The summed E-state index contributed by atoms with van der Waals surface area (Å²) in [6.07, 6.45) is 6.37. The molecule has 1 aromatic carbocycles. The Labute approximate surface area is 166 Å². The summed E-state index contributed by atoms with van der Waals surface area (Å²) in [5.41, 5.74) is 7.75. The summed E-state index contributed by atoms with van der Waals surface area (Å²) in [6.45, 7) is 1.61. The third-order valence-electron chi connectivity index (χ3n) is 6.18. The fourth-order valence-corrected chi connectivity index (χ4v) is 4.76. The minimum atomic E-state index is 0. The van der Waals surface area contributed by atoms with Gasteiger partial charge in [0.25, 0.3) is 0 Å². The zero-order chi connectivity index (χ0) is 16.6. The standard InChI is InChI=1S/C19H27N3O2.HI/c1-23-14-5-3-13(4-6-14)7-11-21-18(20)22-16-15-8-12-24-17(15)19(16)9-2-10-19;/h3-6,15-17H,2,7-12H2,1H3,(H3,20,21,22);1H. The van der Waals surface area contributed by atoms with E-state index in [-0.39, 0.29) is 24.0 Å². The number of benzene rings is 1. The highest BCUT2D eigenvalue weighted by atomic mass is 127. The predicted molar refractivity (Wildman–Crippen MR) is 110 cm³/mol. The van der Waals surface area contributed by atoms with Gasteiger partial charge in [0.1, 0.15) is 5.75 Å². The fraction of sp³-hybridized carbons (Fsp3) is 0.632. The third-order valence-corrected chi connectivity index (χ3v) is 6.18. The molecule has 5 nitrogen and oxygen atoms in total. The lowest BCUT2D eigenvalue weighted by molar-refractivity contribution is -0.171. The molecule has 1 aromatic rings. The summed E-state index contributed by atoms with van der Waals surface area (Å²) in [6, 6.07) is 8.58. The van der Waals surface area contributed by atoms with Crippen molar-refractivity contribution in [1.82, 2.24) is 5.32 Å². The van der Waals surface area contributed by atoms with Crippen molar-refractivity contribution in [1.29, 1.82) is 0 Å². The van der Waals surface area contributed by atoms with E-state index in [1.165, 1.54) is 24.8 Å². The maximum Gasteiger partial charge on any atom is 0.188 e. The summed E-state index contributed by atoms with van der Waals surface area (Å²) in [5.74, 6) is 2.10. The zero-order valence-electron chi connectivity index (χ0n) is 14.7. The van der Waals surface area contributed by atoms with Gasteiger partial charge >= 0.3 is 0 Å². The average molecular weight is 457 g/mol. The highest BCUT2D eigenvalue weighted by Gasteiger charge is 2.66. The fourth-order valence-electron chi connectivity index (χ4n) is 4.76. The third kappa shape index (κ3) is 3.35. The molecule has 0 bridgehead atoms. The van der Waals surface area contributed by atoms with E-state index >= 15 is 0 Å². The molecule has 6 heteroatoms. The number of nitrogens with zero attached hydrogens (tertiary/aromatic N) is 1. The minimum absolute atomic E-state index is 0. The number of methoxy groups -OCH3 is 1. The van der Waals surface area contributed by atoms with Crippen LogP contribution >= 0.6 is 24.0 Å². The van der Waals surface area contributed by atoms with Crippen LogP contribution in [0.3, 0.4) is 0 Å². The second-order valence-corrected chi connectivity index (χ2v) is 7.32. The lowest BCUT2D eigenvalue weighted by atomic mass is 9.46. The summed E-state index contributed by atoms with van der Waals surface area (Å²) in [5, 5.41) is 3.51. The van der Waals surface area contributed by atoms with Crippen LogP contribution in [0.4, 0.5) is 0 Å². The van der Waals surface area contributed by atoms with Crippen molar-refractivity contribution in [3.8, 4) is 5.75 Å². The molecule has 4 rings (SSSR count). The van der Waals surface area contributed by atoms with Gasteiger partial charge < -0.3 is 20.5 Å². The molecule has 3 atom stereocenters. The maximum absolute atomic E-state index is 6.15. The molecule has 138 valence electrons. The Bertz CT molecular complexity index is 616. The molecule has 3 N–H and O–H groups in total. The number of fused-ring (bicyclic) bond motifs is 2. The first-order valence-corrected chi connectivity index (χ1v) is 9.04. The molecule has 1 saturated heterocycles. The number of hydrogen-bond acceptors (Lipinski definition) is 3. The smallest absolute Gasteiger partial charge is 0.188 e. The molecule has 1 aliphatic heterocycles. The van der Waals surface area contributed by atoms with E-state index in [1.54, 1.807) is 7.11 Å². The van der Waals surface area contributed by atoms with Gasteiger partial charge in [-0.3, -0.25) is 4.99 Å². The SMILES string of the molecule is COc1ccc(CCN=C(N)NC2C3CCOC3C23CCC3)cc1.I. The Morgan fingerprint density at radius 1 is 1.36 bits per heavy atom. The van der Waals surface area contributed by atoms with Crippen LogP contribution in [-0.4, -0.2) is 38.4 Å². The molecule has 0 amide bonds. The van der Waals surface area contributed by atoms with Crippen LogP contribution in [0.15, 0.2) is 29.3 Å². The molecule has 3 unspecified atom stereocenters. The number of nitrogens with two attached hydrogens (primary N) is 1. The van der Waals surface area contributed by atoms with Gasteiger partial charge in [-0.25, -0.2) is 0 Å². The van der Waals surface area contributed by atoms with E-state index in [0.29, 0.717) is 36.0 Å². The van der Waals surface area contributed by atoms with Crippen LogP contribution in [0.2, 0.25) is 0 Å². The highest BCUT2D eigenvalue weighted by Crippen LogP contribution is 2.62. The molecule has 3 aliphatic rings. The second kappa shape index (κ2) is 7.70. The molecule has 2 saturated carbocycles. The van der Waals surface area contributed by atoms with Crippen LogP contribution in [0, 0.1) is 11.3 Å². The average Bonchev–Trinajstić information content (AvgIpc) is 2.97. The summed E-state index contributed by atoms with van der Waals surface area (Å²) in [7, 11) is 1.68. The molecule has 0 radical (unpaired) electrons. The minimum Gasteiger partial charge on any atom is -0.497 e. The van der Waals surface area contributed by atoms with Crippen molar-refractivity contribution in [2.45, 2.75) is 44.2 Å². The first-order valence-electron chi connectivity index (χ1n) is 9.04. The summed E-state index contributed by atoms with van der Waals surface area (Å²) in [4.78, 5) is 4.53. The predicted octanol–water partition coefficient (Wildman–Crippen LogP) is 2.72. The van der Waals surface area contributed by atoms with Gasteiger partial charge in [-0.15, -0.1) is 24.0 Å². The van der Waals surface area contributed by atoms with Gasteiger partial charge in [-0.05, 0) is 43.4 Å². The zero-order valence-corrected chi connectivity index (χ0v) is 17.1. The molecule has 1 heterocycles. The largest absolute Gasteiger partial charge is 0.497 e. The van der Waals surface area contributed by atoms with Gasteiger partial charge in [-0.1, -0.05) is 18.6 Å². The number of aliphatic imine (C=N–C) groups is 1. The van der Waals surface area contributed by atoms with Crippen LogP contribution in [0.25, 0.3) is 0 Å². The van der Waals surface area contributed by atoms with Crippen molar-refractivity contribution in [3.05, 3.63) is 29.8 Å². The molecule has 3 fully saturated rings. The summed E-state index contributed by atoms with van der Waals surface area (Å²) < 4.78 is 11.1. The number of rotatable bonds is 5. The van der Waals surface area contributed by atoms with Crippen molar-refractivity contribution >= 4 is 29.9 Å². The van der Waals surface area contributed by atoms with Gasteiger partial charge in [0, 0.05) is 30.5 Å². The van der Waals surface area contributed by atoms with Crippen molar-refractivity contribution in [2.75, 3.05) is 20.3 Å². The number of guanidine groups is 1. The van der Waals surface area contributed by atoms with Crippen LogP contribution < -0.4 is 15.8 Å². The quantitative estimate of drug-likeness (QED) is 0.406. The second-order valence-electron chi connectivity index (χ2n) is 7.32. The molecule has 0 aromatic heterocycles. The summed E-state index contributed by atoms with van der Waals surface area (Å²) >= 11 is 0. The Balaban J connectivity index is 0.00000182. The van der Waals surface area contributed by atoms with E-state index < -0.39 is 0 Å². The number of nitrogens with one attached hydrogen (secondary N) is 1. The monoisotopic (exact) mass is 457 g/mol. The van der Waals surface area contributed by atoms with Crippen LogP contribution in [-0.2, 0) is 11.2 Å². The van der Waals surface area contributed by atoms with Crippen LogP contribution in [0.1, 0.15) is 31.2 Å². The Kier molecular flexibility index (Phi) is 5.78. The molecule has 2 aliphatic carbocycles. The Hall–Kier alpha value is -1.02. The van der Waals surface area contributed by atoms with E-state index in [4.69, 9.17) is 15.2 Å². The van der Waals surface area contributed by atoms with E-state index in [9.17, 15) is 0 Å². The van der Waals surface area contributed by atoms with Crippen LogP contribution in [0.5, 0.6) is 5.75 Å². The van der Waals surface area contributed by atoms with E-state index in [2.05, 4.69) is 22.4 Å². The first-order chi connectivity index (χ1) is 11.7. The van der Waals surface area contributed by atoms with Gasteiger partial charge in [0.2, 0.25) is 0 Å². The molecular weight excluding hydrogens is 429 g/mol. The Morgan fingerprint density at radius 3 is 2.76 bits per heavy atom. The topological polar surface area (TPSA) is 68.9 Å². The molecule has 1 spiro atoms. The lowest BCUT2D eigenvalue weighted by Crippen LogP contribution is -2.72. The number of hydrogen-bond donors (Lipinski definition) is 2. The normalized spacial score (nSPS) is 29.2. The van der Waals surface area contributed by atoms with Gasteiger partial charge in [-0.2, -0.15) is 0 Å². The molecule has 25 heavy (non-hydrogen) atoms. The maximum atomic E-state index is 6.15. The van der Waals surface area contributed by atoms with E-state index in [0.717, 1.165) is 25.2 Å². The first kappa shape index (κ1) is 18.8. The van der Waals surface area contributed by atoms with Gasteiger partial charge in [0.15, 0.2) is 5.96 Å². The lowest BCUT2D eigenvalue weighted by Gasteiger charge is -2.63. The van der Waals surface area contributed by atoms with Gasteiger partial charge in [0.05, 0.1) is 13.2 Å². The van der Waals surface area contributed by atoms with Crippen molar-refractivity contribution in [2.24, 2.45) is 22.1 Å². The Morgan fingerprint density at radius 2 is 2.12 bits per heavy atom. The highest BCUT2D eigenvalue weighted by molar-refractivity contribution is 14.0. The van der Waals surface area contributed by atoms with E-state index in [1.807, 2.05) is 12.1 Å².